The minimum atomic E-state index is -0.185. The summed E-state index contributed by atoms with van der Waals surface area (Å²) in [6, 6.07) is 8.81. The summed E-state index contributed by atoms with van der Waals surface area (Å²) >= 11 is 0. The number of aliphatic hydroxyl groups excluding tert-OH is 1. The van der Waals surface area contributed by atoms with Crippen molar-refractivity contribution in [1.82, 2.24) is 0 Å². The monoisotopic (exact) mass is 206 g/mol. The van der Waals surface area contributed by atoms with Crippen LogP contribution in [0.15, 0.2) is 24.3 Å². The maximum absolute atomic E-state index is 9.28. The zero-order valence-electron chi connectivity index (χ0n) is 10.0. The maximum Gasteiger partial charge on any atom is 0.0514 e. The summed E-state index contributed by atoms with van der Waals surface area (Å²) in [7, 11) is 0. The molecule has 2 atom stereocenters. The molecule has 1 aromatic carbocycles. The normalized spacial score (nSPS) is 14.9. The molecule has 1 aromatic rings. The molecule has 0 saturated carbocycles. The molecule has 0 aromatic heterocycles. The molecular formula is C14H22O. The highest BCUT2D eigenvalue weighted by Gasteiger charge is 2.06. The zero-order chi connectivity index (χ0) is 11.3. The quantitative estimate of drug-likeness (QED) is 0.784. The second-order valence-corrected chi connectivity index (χ2v) is 4.56. The molecule has 0 bridgehead atoms. The summed E-state index contributed by atoms with van der Waals surface area (Å²) in [5, 5.41) is 9.28. The van der Waals surface area contributed by atoms with E-state index in [-0.39, 0.29) is 6.10 Å². The Kier molecular flexibility index (Phi) is 4.83. The highest BCUT2D eigenvalue weighted by atomic mass is 16.3. The molecule has 1 nitrogen and oxygen atoms in total. The smallest absolute Gasteiger partial charge is 0.0514 e. The van der Waals surface area contributed by atoms with Gasteiger partial charge in [-0.2, -0.15) is 0 Å². The average molecular weight is 206 g/mol. The Labute approximate surface area is 93.1 Å². The molecule has 0 aliphatic rings. The highest BCUT2D eigenvalue weighted by Crippen LogP contribution is 2.14. The standard InChI is InChI=1S/C14H22O/c1-4-13-5-7-14(8-6-13)10-11(2)9-12(3)15/h5-8,11-12,15H,4,9-10H2,1-3H3. The van der Waals surface area contributed by atoms with Crippen molar-refractivity contribution in [2.24, 2.45) is 5.92 Å². The van der Waals surface area contributed by atoms with Crippen LogP contribution in [0, 0.1) is 5.92 Å². The molecule has 0 fully saturated rings. The Morgan fingerprint density at radius 3 is 2.07 bits per heavy atom. The number of hydrogen-bond donors (Lipinski definition) is 1. The topological polar surface area (TPSA) is 20.2 Å². The van der Waals surface area contributed by atoms with Gasteiger partial charge in [0.2, 0.25) is 0 Å². The molecule has 15 heavy (non-hydrogen) atoms. The van der Waals surface area contributed by atoms with Crippen LogP contribution in [0.2, 0.25) is 0 Å². The minimum Gasteiger partial charge on any atom is -0.393 e. The van der Waals surface area contributed by atoms with Gasteiger partial charge in [0.1, 0.15) is 0 Å². The van der Waals surface area contributed by atoms with Crippen LogP contribution in [0.5, 0.6) is 0 Å². The molecule has 0 aliphatic heterocycles. The van der Waals surface area contributed by atoms with E-state index in [1.54, 1.807) is 0 Å². The second kappa shape index (κ2) is 5.92. The van der Waals surface area contributed by atoms with E-state index >= 15 is 0 Å². The first-order chi connectivity index (χ1) is 7.11. The van der Waals surface area contributed by atoms with Gasteiger partial charge < -0.3 is 5.11 Å². The molecule has 1 heteroatoms. The van der Waals surface area contributed by atoms with Gasteiger partial charge in [0.05, 0.1) is 6.10 Å². The lowest BCUT2D eigenvalue weighted by atomic mass is 9.95. The van der Waals surface area contributed by atoms with Crippen LogP contribution in [-0.2, 0) is 12.8 Å². The Hall–Kier alpha value is -0.820. The van der Waals surface area contributed by atoms with Crippen molar-refractivity contribution in [1.29, 1.82) is 0 Å². The van der Waals surface area contributed by atoms with Crippen LogP contribution in [0.4, 0.5) is 0 Å². The third-order valence-corrected chi connectivity index (χ3v) is 2.76. The van der Waals surface area contributed by atoms with E-state index in [1.807, 2.05) is 6.92 Å². The van der Waals surface area contributed by atoms with Gasteiger partial charge in [0, 0.05) is 0 Å². The van der Waals surface area contributed by atoms with Gasteiger partial charge in [-0.05, 0) is 43.2 Å². The lowest BCUT2D eigenvalue weighted by Crippen LogP contribution is -2.09. The van der Waals surface area contributed by atoms with Crippen molar-refractivity contribution in [2.45, 2.75) is 46.1 Å². The van der Waals surface area contributed by atoms with E-state index in [4.69, 9.17) is 0 Å². The van der Waals surface area contributed by atoms with Gasteiger partial charge in [-0.15, -0.1) is 0 Å². The van der Waals surface area contributed by atoms with Gasteiger partial charge >= 0.3 is 0 Å². The van der Waals surface area contributed by atoms with Gasteiger partial charge in [-0.1, -0.05) is 38.1 Å². The van der Waals surface area contributed by atoms with Crippen LogP contribution >= 0.6 is 0 Å². The SMILES string of the molecule is CCc1ccc(CC(C)CC(C)O)cc1. The summed E-state index contributed by atoms with van der Waals surface area (Å²) in [5.41, 5.74) is 2.77. The first kappa shape index (κ1) is 12.3. The molecule has 0 aliphatic carbocycles. The summed E-state index contributed by atoms with van der Waals surface area (Å²) in [5.74, 6) is 0.553. The first-order valence-electron chi connectivity index (χ1n) is 5.87. The molecular weight excluding hydrogens is 184 g/mol. The molecule has 0 amide bonds. The summed E-state index contributed by atoms with van der Waals surface area (Å²) in [6.45, 7) is 6.22. The Morgan fingerprint density at radius 1 is 1.07 bits per heavy atom. The number of rotatable bonds is 5. The van der Waals surface area contributed by atoms with Crippen LogP contribution in [0.1, 0.15) is 38.3 Å². The van der Waals surface area contributed by atoms with Crippen LogP contribution in [-0.4, -0.2) is 11.2 Å². The maximum atomic E-state index is 9.28. The third kappa shape index (κ3) is 4.48. The van der Waals surface area contributed by atoms with Crippen molar-refractivity contribution in [2.75, 3.05) is 0 Å². The van der Waals surface area contributed by atoms with Gasteiger partial charge in [-0.25, -0.2) is 0 Å². The van der Waals surface area contributed by atoms with Crippen molar-refractivity contribution >= 4 is 0 Å². The Balaban J connectivity index is 2.49. The number of aliphatic hydroxyl groups is 1. The molecule has 2 unspecified atom stereocenters. The number of aryl methyl sites for hydroxylation is 1. The molecule has 0 spiro atoms. The van der Waals surface area contributed by atoms with Crippen molar-refractivity contribution in [3.8, 4) is 0 Å². The largest absolute Gasteiger partial charge is 0.393 e. The van der Waals surface area contributed by atoms with E-state index in [2.05, 4.69) is 38.1 Å². The summed E-state index contributed by atoms with van der Waals surface area (Å²) < 4.78 is 0. The lowest BCUT2D eigenvalue weighted by molar-refractivity contribution is 0.164. The van der Waals surface area contributed by atoms with Crippen LogP contribution in [0.3, 0.4) is 0 Å². The molecule has 0 saturated heterocycles. The summed E-state index contributed by atoms with van der Waals surface area (Å²) in [6.07, 6.45) is 2.86. The minimum absolute atomic E-state index is 0.185. The fourth-order valence-electron chi connectivity index (χ4n) is 1.98. The van der Waals surface area contributed by atoms with E-state index in [0.717, 1.165) is 19.3 Å². The zero-order valence-corrected chi connectivity index (χ0v) is 10.0. The van der Waals surface area contributed by atoms with Gasteiger partial charge in [-0.3, -0.25) is 0 Å². The van der Waals surface area contributed by atoms with Crippen molar-refractivity contribution in [3.05, 3.63) is 35.4 Å². The Morgan fingerprint density at radius 2 is 1.60 bits per heavy atom. The molecule has 0 radical (unpaired) electrons. The number of benzene rings is 1. The van der Waals surface area contributed by atoms with Crippen molar-refractivity contribution in [3.63, 3.8) is 0 Å². The average Bonchev–Trinajstić information content (AvgIpc) is 2.17. The van der Waals surface area contributed by atoms with Crippen LogP contribution < -0.4 is 0 Å². The molecule has 1 N–H and O–H groups in total. The fourth-order valence-corrected chi connectivity index (χ4v) is 1.98. The Bertz CT molecular complexity index is 274. The lowest BCUT2D eigenvalue weighted by Gasteiger charge is -2.13. The third-order valence-electron chi connectivity index (χ3n) is 2.76. The molecule has 0 heterocycles. The summed E-state index contributed by atoms with van der Waals surface area (Å²) in [4.78, 5) is 0. The van der Waals surface area contributed by atoms with Gasteiger partial charge in [0.15, 0.2) is 0 Å². The highest BCUT2D eigenvalue weighted by molar-refractivity contribution is 5.22. The van der Waals surface area contributed by atoms with Gasteiger partial charge in [0.25, 0.3) is 0 Å². The predicted octanol–water partition coefficient (Wildman–Crippen LogP) is 3.20. The predicted molar refractivity (Wildman–Crippen MR) is 65.0 cm³/mol. The van der Waals surface area contributed by atoms with E-state index < -0.39 is 0 Å². The molecule has 84 valence electrons. The van der Waals surface area contributed by atoms with E-state index in [9.17, 15) is 5.11 Å². The first-order valence-corrected chi connectivity index (χ1v) is 5.87. The van der Waals surface area contributed by atoms with Crippen LogP contribution in [0.25, 0.3) is 0 Å². The molecule has 1 rings (SSSR count). The van der Waals surface area contributed by atoms with E-state index in [1.165, 1.54) is 11.1 Å². The second-order valence-electron chi connectivity index (χ2n) is 4.56. The fraction of sp³-hybridized carbons (Fsp3) is 0.571. The van der Waals surface area contributed by atoms with Crippen molar-refractivity contribution < 1.29 is 5.11 Å². The van der Waals surface area contributed by atoms with E-state index in [0.29, 0.717) is 5.92 Å². The number of hydrogen-bond acceptors (Lipinski definition) is 1.